The predicted octanol–water partition coefficient (Wildman–Crippen LogP) is 8.29. The van der Waals surface area contributed by atoms with Crippen molar-refractivity contribution < 1.29 is 8.78 Å². The van der Waals surface area contributed by atoms with Crippen molar-refractivity contribution >= 4 is 29.6 Å². The van der Waals surface area contributed by atoms with Crippen LogP contribution in [-0.2, 0) is 0 Å². The van der Waals surface area contributed by atoms with Crippen molar-refractivity contribution in [2.24, 2.45) is 0 Å². The highest BCUT2D eigenvalue weighted by atomic mass is 28.3. The maximum Gasteiger partial charge on any atom is 0.123 e. The molecule has 0 atom stereocenters. The van der Waals surface area contributed by atoms with Crippen molar-refractivity contribution in [1.82, 2.24) is 0 Å². The fourth-order valence-electron chi connectivity index (χ4n) is 5.03. The Morgan fingerprint density at radius 1 is 0.424 bits per heavy atom. The molecule has 0 aliphatic carbocycles. The van der Waals surface area contributed by atoms with Gasteiger partial charge < -0.3 is 0 Å². The molecular formula is C30H24F2Si. The Bertz CT molecular complexity index is 1240. The van der Waals surface area contributed by atoms with Crippen LogP contribution in [0.15, 0.2) is 109 Å². The molecule has 0 nitrogen and oxygen atoms in total. The minimum absolute atomic E-state index is 0.243. The summed E-state index contributed by atoms with van der Waals surface area (Å²) in [4.78, 5) is 0. The first kappa shape index (κ1) is 21.3. The van der Waals surface area contributed by atoms with Crippen molar-refractivity contribution in [1.29, 1.82) is 0 Å². The van der Waals surface area contributed by atoms with E-state index in [4.69, 9.17) is 0 Å². The summed E-state index contributed by atoms with van der Waals surface area (Å²) in [6.45, 7) is 4.67. The average Bonchev–Trinajstić information content (AvgIpc) is 3.08. The van der Waals surface area contributed by atoms with Gasteiger partial charge >= 0.3 is 0 Å². The molecule has 0 N–H and O–H groups in total. The maximum absolute atomic E-state index is 13.9. The van der Waals surface area contributed by atoms with E-state index in [1.54, 1.807) is 0 Å². The highest BCUT2D eigenvalue weighted by Crippen LogP contribution is 2.55. The van der Waals surface area contributed by atoms with Gasteiger partial charge in [-0.1, -0.05) is 98.0 Å². The van der Waals surface area contributed by atoms with E-state index in [1.165, 1.54) is 45.8 Å². The van der Waals surface area contributed by atoms with Gasteiger partial charge in [-0.15, -0.1) is 0 Å². The van der Waals surface area contributed by atoms with Gasteiger partial charge in [0, 0.05) is 0 Å². The Morgan fingerprint density at radius 3 is 1.09 bits per heavy atom. The van der Waals surface area contributed by atoms with Crippen LogP contribution < -0.4 is 0 Å². The topological polar surface area (TPSA) is 0 Å². The third-order valence-corrected chi connectivity index (χ3v) is 9.97. The lowest BCUT2D eigenvalue weighted by atomic mass is 9.89. The van der Waals surface area contributed by atoms with Gasteiger partial charge in [-0.2, -0.15) is 0 Å². The molecule has 4 aromatic carbocycles. The van der Waals surface area contributed by atoms with Crippen molar-refractivity contribution in [3.8, 4) is 0 Å². The van der Waals surface area contributed by atoms with Crippen LogP contribution in [0.25, 0.3) is 21.5 Å². The third kappa shape index (κ3) is 3.79. The normalized spacial score (nSPS) is 15.3. The van der Waals surface area contributed by atoms with Gasteiger partial charge in [-0.05, 0) is 68.1 Å². The van der Waals surface area contributed by atoms with E-state index in [9.17, 15) is 8.78 Å². The zero-order valence-electron chi connectivity index (χ0n) is 18.6. The van der Waals surface area contributed by atoms with Crippen LogP contribution in [0, 0.1) is 11.6 Å². The SMILES string of the molecule is C[Si]1(C)C(c2ccc(F)cc2)=C(c2ccccc2)C(c2ccccc2)=C1c1ccc(F)cc1. The Kier molecular flexibility index (Phi) is 5.43. The van der Waals surface area contributed by atoms with Crippen molar-refractivity contribution in [2.45, 2.75) is 13.1 Å². The van der Waals surface area contributed by atoms with E-state index in [1.807, 2.05) is 36.4 Å². The predicted molar refractivity (Wildman–Crippen MR) is 137 cm³/mol. The fourth-order valence-corrected chi connectivity index (χ4v) is 8.85. The molecule has 5 rings (SSSR count). The highest BCUT2D eigenvalue weighted by Gasteiger charge is 2.43. The summed E-state index contributed by atoms with van der Waals surface area (Å²) in [5.41, 5.74) is 6.71. The van der Waals surface area contributed by atoms with Gasteiger partial charge in [0.2, 0.25) is 0 Å². The van der Waals surface area contributed by atoms with Gasteiger partial charge in [0.05, 0.1) is 0 Å². The fraction of sp³-hybridized carbons (Fsp3) is 0.0667. The molecule has 0 saturated carbocycles. The summed E-state index contributed by atoms with van der Waals surface area (Å²) in [5, 5.41) is 2.54. The van der Waals surface area contributed by atoms with Crippen LogP contribution in [0.4, 0.5) is 8.78 Å². The molecule has 162 valence electrons. The zero-order valence-corrected chi connectivity index (χ0v) is 19.6. The van der Waals surface area contributed by atoms with Crippen LogP contribution >= 0.6 is 0 Å². The molecule has 0 bridgehead atoms. The molecule has 3 heteroatoms. The van der Waals surface area contributed by atoms with E-state index < -0.39 is 8.07 Å². The lowest BCUT2D eigenvalue weighted by Crippen LogP contribution is -2.28. The first-order valence-corrected chi connectivity index (χ1v) is 14.1. The number of allylic oxidation sites excluding steroid dienone is 2. The van der Waals surface area contributed by atoms with Crippen LogP contribution in [-0.4, -0.2) is 8.07 Å². The minimum Gasteiger partial charge on any atom is -0.207 e. The molecule has 0 saturated heterocycles. The Balaban J connectivity index is 1.90. The Hall–Kier alpha value is -3.56. The first-order chi connectivity index (χ1) is 16.0. The van der Waals surface area contributed by atoms with Crippen molar-refractivity contribution in [3.05, 3.63) is 143 Å². The molecule has 1 heterocycles. The molecular weight excluding hydrogens is 426 g/mol. The molecule has 0 amide bonds. The smallest absolute Gasteiger partial charge is 0.123 e. The maximum atomic E-state index is 13.9. The van der Waals surface area contributed by atoms with Gasteiger partial charge in [-0.3, -0.25) is 0 Å². The second-order valence-electron chi connectivity index (χ2n) is 8.87. The molecule has 0 spiro atoms. The Labute approximate surface area is 194 Å². The lowest BCUT2D eigenvalue weighted by Gasteiger charge is -2.26. The van der Waals surface area contributed by atoms with Crippen LogP contribution in [0.2, 0.25) is 13.1 Å². The summed E-state index contributed by atoms with van der Waals surface area (Å²) in [6, 6.07) is 34.5. The second-order valence-corrected chi connectivity index (χ2v) is 13.1. The van der Waals surface area contributed by atoms with Gasteiger partial charge in [0.25, 0.3) is 0 Å². The molecule has 33 heavy (non-hydrogen) atoms. The minimum atomic E-state index is -2.29. The molecule has 0 radical (unpaired) electrons. The van der Waals surface area contributed by atoms with Gasteiger partial charge in [0.1, 0.15) is 19.7 Å². The largest absolute Gasteiger partial charge is 0.207 e. The van der Waals surface area contributed by atoms with E-state index in [2.05, 4.69) is 61.6 Å². The number of rotatable bonds is 4. The number of hydrogen-bond acceptors (Lipinski definition) is 0. The quantitative estimate of drug-likeness (QED) is 0.274. The van der Waals surface area contributed by atoms with E-state index in [-0.39, 0.29) is 11.6 Å². The number of halogens is 2. The van der Waals surface area contributed by atoms with Crippen LogP contribution in [0.5, 0.6) is 0 Å². The molecule has 0 aromatic heterocycles. The number of hydrogen-bond donors (Lipinski definition) is 0. The summed E-state index contributed by atoms with van der Waals surface area (Å²) < 4.78 is 27.7. The van der Waals surface area contributed by atoms with Gasteiger partial charge in [0.15, 0.2) is 0 Å². The molecule has 0 unspecified atom stereocenters. The summed E-state index contributed by atoms with van der Waals surface area (Å²) in [5.74, 6) is -0.485. The Morgan fingerprint density at radius 2 is 0.758 bits per heavy atom. The summed E-state index contributed by atoms with van der Waals surface area (Å²) >= 11 is 0. The third-order valence-electron chi connectivity index (χ3n) is 6.39. The number of benzene rings is 4. The van der Waals surface area contributed by atoms with Crippen LogP contribution in [0.1, 0.15) is 22.3 Å². The molecule has 0 fully saturated rings. The van der Waals surface area contributed by atoms with Crippen LogP contribution in [0.3, 0.4) is 0 Å². The average molecular weight is 451 g/mol. The highest BCUT2D eigenvalue weighted by molar-refractivity contribution is 7.13. The monoisotopic (exact) mass is 450 g/mol. The lowest BCUT2D eigenvalue weighted by molar-refractivity contribution is 0.627. The standard InChI is InChI=1S/C30H24F2Si/c1-33(2)29(23-13-17-25(31)18-14-23)27(21-9-5-3-6-10-21)28(22-11-7-4-8-12-22)30(33)24-15-19-26(32)20-16-24/h3-20H,1-2H3. The molecule has 4 aromatic rings. The molecule has 1 aliphatic heterocycles. The zero-order chi connectivity index (χ0) is 23.0. The van der Waals surface area contributed by atoms with E-state index in [0.29, 0.717) is 0 Å². The second kappa shape index (κ2) is 8.42. The molecule has 1 aliphatic rings. The van der Waals surface area contributed by atoms with Gasteiger partial charge in [-0.25, -0.2) is 8.78 Å². The van der Waals surface area contributed by atoms with Crippen molar-refractivity contribution in [3.63, 3.8) is 0 Å². The first-order valence-electron chi connectivity index (χ1n) is 11.1. The van der Waals surface area contributed by atoms with E-state index >= 15 is 0 Å². The van der Waals surface area contributed by atoms with Crippen molar-refractivity contribution in [2.75, 3.05) is 0 Å². The summed E-state index contributed by atoms with van der Waals surface area (Å²) in [6.07, 6.45) is 0. The summed E-state index contributed by atoms with van der Waals surface area (Å²) in [7, 11) is -2.29. The van der Waals surface area contributed by atoms with E-state index in [0.717, 1.165) is 22.3 Å².